The molecule has 3 rings (SSSR count). The van der Waals surface area contributed by atoms with Crippen LogP contribution in [0, 0.1) is 0 Å². The lowest BCUT2D eigenvalue weighted by Gasteiger charge is -2.19. The highest BCUT2D eigenvalue weighted by atomic mass is 32.1. The molecule has 3 aromatic rings. The van der Waals surface area contributed by atoms with E-state index in [1.54, 1.807) is 12.1 Å². The van der Waals surface area contributed by atoms with Crippen LogP contribution in [0.25, 0.3) is 10.2 Å². The normalized spacial score (nSPS) is 11.3. The van der Waals surface area contributed by atoms with Crippen molar-refractivity contribution in [2.45, 2.75) is 33.1 Å². The zero-order valence-corrected chi connectivity index (χ0v) is 17.1. The van der Waals surface area contributed by atoms with E-state index in [1.807, 2.05) is 30.3 Å². The fraction of sp³-hybridized carbons (Fsp3) is 0.286. The van der Waals surface area contributed by atoms with Crippen LogP contribution >= 0.6 is 11.3 Å². The van der Waals surface area contributed by atoms with Crippen LogP contribution in [-0.2, 0) is 15.0 Å². The summed E-state index contributed by atoms with van der Waals surface area (Å²) in [4.78, 5) is 27.7. The minimum atomic E-state index is -0.277. The third-order valence-electron chi connectivity index (χ3n) is 4.05. The number of hydrogen-bond donors (Lipinski definition) is 2. The molecule has 6 nitrogen and oxygen atoms in total. The van der Waals surface area contributed by atoms with Crippen LogP contribution in [0.3, 0.4) is 0 Å². The molecule has 7 heteroatoms. The first-order chi connectivity index (χ1) is 13.2. The first kappa shape index (κ1) is 19.8. The number of hydrogen-bond acceptors (Lipinski definition) is 5. The standard InChI is InChI=1S/C21H23N3O3S/c1-13(25)22-15-7-10-17-18(11-15)28-20(23-17)24-19(26)12-27-16-8-5-14(6-9-16)21(2,3)4/h5-11H,12H2,1-4H3,(H,22,25)(H,23,24,26). The van der Waals surface area contributed by atoms with E-state index in [9.17, 15) is 9.59 Å². The summed E-state index contributed by atoms with van der Waals surface area (Å²) in [5.74, 6) is 0.235. The predicted molar refractivity (Wildman–Crippen MR) is 113 cm³/mol. The van der Waals surface area contributed by atoms with Crippen molar-refractivity contribution in [3.05, 3.63) is 48.0 Å². The number of fused-ring (bicyclic) bond motifs is 1. The number of anilines is 2. The van der Waals surface area contributed by atoms with Crippen LogP contribution < -0.4 is 15.4 Å². The molecule has 0 aliphatic carbocycles. The van der Waals surface area contributed by atoms with E-state index in [-0.39, 0.29) is 23.8 Å². The van der Waals surface area contributed by atoms with Gasteiger partial charge in [-0.15, -0.1) is 0 Å². The number of nitrogens with zero attached hydrogens (tertiary/aromatic N) is 1. The van der Waals surface area contributed by atoms with Gasteiger partial charge in [0, 0.05) is 12.6 Å². The summed E-state index contributed by atoms with van der Waals surface area (Å²) in [6.45, 7) is 7.80. The molecule has 0 atom stereocenters. The maximum atomic E-state index is 12.2. The van der Waals surface area contributed by atoms with Crippen LogP contribution in [0.5, 0.6) is 5.75 Å². The van der Waals surface area contributed by atoms with Crippen molar-refractivity contribution >= 4 is 44.2 Å². The highest BCUT2D eigenvalue weighted by Gasteiger charge is 2.13. The fourth-order valence-electron chi connectivity index (χ4n) is 2.61. The Morgan fingerprint density at radius 3 is 2.43 bits per heavy atom. The molecular weight excluding hydrogens is 374 g/mol. The predicted octanol–water partition coefficient (Wildman–Crippen LogP) is 4.57. The second-order valence-electron chi connectivity index (χ2n) is 7.49. The van der Waals surface area contributed by atoms with Crippen molar-refractivity contribution in [1.82, 2.24) is 4.98 Å². The molecule has 0 aliphatic rings. The molecule has 1 aromatic heterocycles. The van der Waals surface area contributed by atoms with Gasteiger partial charge in [0.2, 0.25) is 5.91 Å². The van der Waals surface area contributed by atoms with Gasteiger partial charge in [0.25, 0.3) is 5.91 Å². The molecule has 0 unspecified atom stereocenters. The number of nitrogens with one attached hydrogen (secondary N) is 2. The minimum absolute atomic E-state index is 0.0720. The maximum Gasteiger partial charge on any atom is 0.264 e. The first-order valence-electron chi connectivity index (χ1n) is 8.92. The van der Waals surface area contributed by atoms with Gasteiger partial charge in [-0.25, -0.2) is 4.98 Å². The Morgan fingerprint density at radius 1 is 1.07 bits per heavy atom. The monoisotopic (exact) mass is 397 g/mol. The van der Waals surface area contributed by atoms with Gasteiger partial charge in [-0.2, -0.15) is 0 Å². The van der Waals surface area contributed by atoms with Crippen LogP contribution in [0.1, 0.15) is 33.3 Å². The molecule has 2 aromatic carbocycles. The summed E-state index contributed by atoms with van der Waals surface area (Å²) in [6.07, 6.45) is 0. The number of amides is 2. The van der Waals surface area contributed by atoms with Gasteiger partial charge < -0.3 is 10.1 Å². The summed E-state index contributed by atoms with van der Waals surface area (Å²) < 4.78 is 6.44. The Kier molecular flexibility index (Phi) is 5.65. The van der Waals surface area contributed by atoms with Crippen molar-refractivity contribution in [3.63, 3.8) is 0 Å². The van der Waals surface area contributed by atoms with Crippen LogP contribution in [0.2, 0.25) is 0 Å². The van der Waals surface area contributed by atoms with E-state index < -0.39 is 0 Å². The summed E-state index contributed by atoms with van der Waals surface area (Å²) in [5, 5.41) is 5.98. The van der Waals surface area contributed by atoms with Crippen molar-refractivity contribution in [3.8, 4) is 5.75 Å². The topological polar surface area (TPSA) is 80.3 Å². The van der Waals surface area contributed by atoms with E-state index in [4.69, 9.17) is 4.74 Å². The van der Waals surface area contributed by atoms with E-state index in [0.29, 0.717) is 16.6 Å². The Balaban J connectivity index is 1.59. The van der Waals surface area contributed by atoms with Crippen molar-refractivity contribution in [2.24, 2.45) is 0 Å². The molecule has 0 bridgehead atoms. The Labute approximate surface area is 167 Å². The van der Waals surface area contributed by atoms with Crippen LogP contribution in [-0.4, -0.2) is 23.4 Å². The lowest BCUT2D eigenvalue weighted by Crippen LogP contribution is -2.20. The number of carbonyl (C=O) groups is 2. The highest BCUT2D eigenvalue weighted by molar-refractivity contribution is 7.22. The second kappa shape index (κ2) is 7.98. The molecule has 0 aliphatic heterocycles. The second-order valence-corrected chi connectivity index (χ2v) is 8.52. The van der Waals surface area contributed by atoms with Crippen molar-refractivity contribution in [2.75, 3.05) is 17.2 Å². The van der Waals surface area contributed by atoms with Gasteiger partial charge in [0.15, 0.2) is 11.7 Å². The van der Waals surface area contributed by atoms with Gasteiger partial charge >= 0.3 is 0 Å². The number of thiazole rings is 1. The molecule has 2 amide bonds. The molecule has 0 saturated heterocycles. The third kappa shape index (κ3) is 5.07. The molecule has 28 heavy (non-hydrogen) atoms. The Morgan fingerprint density at radius 2 is 1.79 bits per heavy atom. The quantitative estimate of drug-likeness (QED) is 0.661. The van der Waals surface area contributed by atoms with Gasteiger partial charge in [0.1, 0.15) is 5.75 Å². The van der Waals surface area contributed by atoms with Crippen LogP contribution in [0.4, 0.5) is 10.8 Å². The summed E-state index contributed by atoms with van der Waals surface area (Å²) >= 11 is 1.34. The summed E-state index contributed by atoms with van der Waals surface area (Å²) in [6, 6.07) is 13.2. The zero-order valence-electron chi connectivity index (χ0n) is 16.3. The average molecular weight is 398 g/mol. The SMILES string of the molecule is CC(=O)Nc1ccc2nc(NC(=O)COc3ccc(C(C)(C)C)cc3)sc2c1. The smallest absolute Gasteiger partial charge is 0.264 e. The summed E-state index contributed by atoms with van der Waals surface area (Å²) in [7, 11) is 0. The number of ether oxygens (including phenoxy) is 1. The van der Waals surface area contributed by atoms with Crippen LogP contribution in [0.15, 0.2) is 42.5 Å². The van der Waals surface area contributed by atoms with Gasteiger partial charge in [-0.1, -0.05) is 44.2 Å². The number of aromatic nitrogens is 1. The zero-order chi connectivity index (χ0) is 20.3. The Bertz CT molecular complexity index is 1000. The molecular formula is C21H23N3O3S. The van der Waals surface area contributed by atoms with Gasteiger partial charge in [-0.3, -0.25) is 14.9 Å². The number of carbonyl (C=O) groups excluding carboxylic acids is 2. The third-order valence-corrected chi connectivity index (χ3v) is 4.98. The van der Waals surface area contributed by atoms with Crippen molar-refractivity contribution < 1.29 is 14.3 Å². The largest absolute Gasteiger partial charge is 0.484 e. The molecule has 0 radical (unpaired) electrons. The van der Waals surface area contributed by atoms with Crippen molar-refractivity contribution in [1.29, 1.82) is 0 Å². The number of benzene rings is 2. The highest BCUT2D eigenvalue weighted by Crippen LogP contribution is 2.28. The molecule has 0 saturated carbocycles. The van der Waals surface area contributed by atoms with E-state index in [0.717, 1.165) is 10.2 Å². The lowest BCUT2D eigenvalue weighted by atomic mass is 9.87. The Hall–Kier alpha value is -2.93. The van der Waals surface area contributed by atoms with E-state index >= 15 is 0 Å². The maximum absolute atomic E-state index is 12.2. The van der Waals surface area contributed by atoms with E-state index in [1.165, 1.54) is 23.8 Å². The van der Waals surface area contributed by atoms with Gasteiger partial charge in [0.05, 0.1) is 10.2 Å². The molecule has 1 heterocycles. The summed E-state index contributed by atoms with van der Waals surface area (Å²) in [5.41, 5.74) is 2.73. The molecule has 2 N–H and O–H groups in total. The fourth-order valence-corrected chi connectivity index (χ4v) is 3.54. The average Bonchev–Trinajstić information content (AvgIpc) is 3.00. The van der Waals surface area contributed by atoms with E-state index in [2.05, 4.69) is 36.4 Å². The lowest BCUT2D eigenvalue weighted by molar-refractivity contribution is -0.118. The minimum Gasteiger partial charge on any atom is -0.484 e. The first-order valence-corrected chi connectivity index (χ1v) is 9.74. The molecule has 0 spiro atoms. The molecule has 0 fully saturated rings. The number of rotatable bonds is 5. The molecule has 146 valence electrons. The van der Waals surface area contributed by atoms with Gasteiger partial charge in [-0.05, 0) is 41.3 Å².